The molecule has 0 bridgehead atoms. The van der Waals surface area contributed by atoms with Crippen LogP contribution < -0.4 is 5.32 Å². The van der Waals surface area contributed by atoms with Gasteiger partial charge >= 0.3 is 0 Å². The van der Waals surface area contributed by atoms with Crippen LogP contribution in [0.1, 0.15) is 47.9 Å². The van der Waals surface area contributed by atoms with Crippen LogP contribution in [0, 0.1) is 20.8 Å². The van der Waals surface area contributed by atoms with E-state index in [-0.39, 0.29) is 0 Å². The average Bonchev–Trinajstić information content (AvgIpc) is 2.68. The van der Waals surface area contributed by atoms with Gasteiger partial charge in [0.15, 0.2) is 0 Å². The van der Waals surface area contributed by atoms with Crippen molar-refractivity contribution in [2.24, 2.45) is 0 Å². The first kappa shape index (κ1) is 11.7. The smallest absolute Gasteiger partial charge is 0.0213 e. The van der Waals surface area contributed by atoms with E-state index in [2.05, 4.69) is 38.2 Å². The van der Waals surface area contributed by atoms with Crippen LogP contribution in [0.4, 0.5) is 0 Å². The van der Waals surface area contributed by atoms with Gasteiger partial charge < -0.3 is 5.32 Å². The maximum absolute atomic E-state index is 3.70. The Morgan fingerprint density at radius 3 is 2.19 bits per heavy atom. The van der Waals surface area contributed by atoms with E-state index in [4.69, 9.17) is 0 Å². The highest BCUT2D eigenvalue weighted by atomic mass is 14.9. The first-order valence-electron chi connectivity index (χ1n) is 6.47. The molecule has 88 valence electrons. The minimum Gasteiger partial charge on any atom is -0.310 e. The average molecular weight is 217 g/mol. The topological polar surface area (TPSA) is 12.0 Å². The van der Waals surface area contributed by atoms with Gasteiger partial charge in [0.25, 0.3) is 0 Å². The van der Waals surface area contributed by atoms with Gasteiger partial charge in [0, 0.05) is 12.6 Å². The Balaban J connectivity index is 2.03. The van der Waals surface area contributed by atoms with Crippen LogP contribution in [0.15, 0.2) is 12.1 Å². The molecule has 0 saturated heterocycles. The van der Waals surface area contributed by atoms with Crippen molar-refractivity contribution < 1.29 is 0 Å². The molecule has 0 radical (unpaired) electrons. The summed E-state index contributed by atoms with van der Waals surface area (Å²) in [6, 6.07) is 5.34. The third kappa shape index (κ3) is 2.65. The van der Waals surface area contributed by atoms with Crippen molar-refractivity contribution in [3.05, 3.63) is 34.4 Å². The lowest BCUT2D eigenvalue weighted by atomic mass is 9.99. The number of aryl methyl sites for hydroxylation is 3. The molecule has 1 aromatic carbocycles. The molecule has 1 nitrogen and oxygen atoms in total. The molecule has 0 aromatic heterocycles. The molecule has 0 heterocycles. The summed E-state index contributed by atoms with van der Waals surface area (Å²) >= 11 is 0. The Hall–Kier alpha value is -0.820. The fraction of sp³-hybridized carbons (Fsp3) is 0.600. The van der Waals surface area contributed by atoms with Gasteiger partial charge in [-0.05, 0) is 50.3 Å². The summed E-state index contributed by atoms with van der Waals surface area (Å²) in [5.74, 6) is 0. The van der Waals surface area contributed by atoms with Gasteiger partial charge in [-0.2, -0.15) is 0 Å². The van der Waals surface area contributed by atoms with Crippen LogP contribution in [-0.2, 0) is 6.54 Å². The quantitative estimate of drug-likeness (QED) is 0.815. The summed E-state index contributed by atoms with van der Waals surface area (Å²) in [6.45, 7) is 7.67. The standard InChI is InChI=1S/C15H23N/c1-11-8-12(2)15(13(3)9-11)10-16-14-6-4-5-7-14/h8-9,14,16H,4-7,10H2,1-3H3. The molecule has 1 heteroatoms. The Labute approximate surface area is 99.3 Å². The lowest BCUT2D eigenvalue weighted by molar-refractivity contribution is 0.522. The predicted octanol–water partition coefficient (Wildman–Crippen LogP) is 3.64. The molecule has 0 atom stereocenters. The molecule has 0 spiro atoms. The summed E-state index contributed by atoms with van der Waals surface area (Å²) in [5.41, 5.74) is 5.74. The first-order chi connectivity index (χ1) is 7.66. The zero-order valence-corrected chi connectivity index (χ0v) is 10.8. The molecule has 1 aromatic rings. The van der Waals surface area contributed by atoms with E-state index < -0.39 is 0 Å². The van der Waals surface area contributed by atoms with Gasteiger partial charge in [-0.3, -0.25) is 0 Å². The fourth-order valence-electron chi connectivity index (χ4n) is 2.87. The highest BCUT2D eigenvalue weighted by Crippen LogP contribution is 2.20. The Kier molecular flexibility index (Phi) is 3.65. The molecular formula is C15H23N. The van der Waals surface area contributed by atoms with Gasteiger partial charge in [-0.1, -0.05) is 30.5 Å². The van der Waals surface area contributed by atoms with Crippen LogP contribution in [0.3, 0.4) is 0 Å². The van der Waals surface area contributed by atoms with Crippen LogP contribution >= 0.6 is 0 Å². The van der Waals surface area contributed by atoms with Gasteiger partial charge in [0.2, 0.25) is 0 Å². The van der Waals surface area contributed by atoms with Gasteiger partial charge in [-0.25, -0.2) is 0 Å². The van der Waals surface area contributed by atoms with Crippen molar-refractivity contribution in [2.45, 2.75) is 59.0 Å². The molecule has 1 aliphatic carbocycles. The van der Waals surface area contributed by atoms with Gasteiger partial charge in [-0.15, -0.1) is 0 Å². The maximum Gasteiger partial charge on any atom is 0.0213 e. The second kappa shape index (κ2) is 5.01. The fourth-order valence-corrected chi connectivity index (χ4v) is 2.87. The Bertz CT molecular complexity index is 339. The minimum absolute atomic E-state index is 0.764. The van der Waals surface area contributed by atoms with Crippen LogP contribution in [0.2, 0.25) is 0 Å². The highest BCUT2D eigenvalue weighted by molar-refractivity contribution is 5.37. The predicted molar refractivity (Wildman–Crippen MR) is 69.7 cm³/mol. The number of benzene rings is 1. The minimum atomic E-state index is 0.764. The third-order valence-corrected chi connectivity index (χ3v) is 3.76. The van der Waals surface area contributed by atoms with Crippen molar-refractivity contribution in [3.63, 3.8) is 0 Å². The van der Waals surface area contributed by atoms with E-state index >= 15 is 0 Å². The SMILES string of the molecule is Cc1cc(C)c(CNC2CCCC2)c(C)c1. The van der Waals surface area contributed by atoms with Crippen molar-refractivity contribution in [1.82, 2.24) is 5.32 Å². The summed E-state index contributed by atoms with van der Waals surface area (Å²) in [5, 5.41) is 3.70. The monoisotopic (exact) mass is 217 g/mol. The molecule has 1 saturated carbocycles. The summed E-state index contributed by atoms with van der Waals surface area (Å²) in [6.07, 6.45) is 5.54. The molecule has 1 N–H and O–H groups in total. The van der Waals surface area contributed by atoms with Crippen molar-refractivity contribution in [3.8, 4) is 0 Å². The molecular weight excluding hydrogens is 194 g/mol. The third-order valence-electron chi connectivity index (χ3n) is 3.76. The summed E-state index contributed by atoms with van der Waals surface area (Å²) in [4.78, 5) is 0. The second-order valence-corrected chi connectivity index (χ2v) is 5.24. The van der Waals surface area contributed by atoms with E-state index in [0.29, 0.717) is 0 Å². The van der Waals surface area contributed by atoms with Gasteiger partial charge in [0.1, 0.15) is 0 Å². The molecule has 0 amide bonds. The second-order valence-electron chi connectivity index (χ2n) is 5.24. The highest BCUT2D eigenvalue weighted by Gasteiger charge is 2.14. The molecule has 0 unspecified atom stereocenters. The maximum atomic E-state index is 3.70. The number of hydrogen-bond acceptors (Lipinski definition) is 1. The summed E-state index contributed by atoms with van der Waals surface area (Å²) in [7, 11) is 0. The lowest BCUT2D eigenvalue weighted by Crippen LogP contribution is -2.26. The van der Waals surface area contributed by atoms with E-state index in [1.165, 1.54) is 47.9 Å². The molecule has 0 aliphatic heterocycles. The van der Waals surface area contributed by atoms with Crippen molar-refractivity contribution in [1.29, 1.82) is 0 Å². The molecule has 1 aliphatic rings. The van der Waals surface area contributed by atoms with Crippen molar-refractivity contribution in [2.75, 3.05) is 0 Å². The van der Waals surface area contributed by atoms with Crippen molar-refractivity contribution >= 4 is 0 Å². The lowest BCUT2D eigenvalue weighted by Gasteiger charge is -2.16. The zero-order valence-electron chi connectivity index (χ0n) is 10.8. The normalized spacial score (nSPS) is 16.9. The molecule has 1 fully saturated rings. The van der Waals surface area contributed by atoms with Crippen LogP contribution in [-0.4, -0.2) is 6.04 Å². The van der Waals surface area contributed by atoms with E-state index in [9.17, 15) is 0 Å². The number of nitrogens with one attached hydrogen (secondary N) is 1. The van der Waals surface area contributed by atoms with E-state index in [0.717, 1.165) is 12.6 Å². The Morgan fingerprint density at radius 2 is 1.62 bits per heavy atom. The van der Waals surface area contributed by atoms with E-state index in [1.807, 2.05) is 0 Å². The van der Waals surface area contributed by atoms with Crippen LogP contribution in [0.5, 0.6) is 0 Å². The number of hydrogen-bond donors (Lipinski definition) is 1. The van der Waals surface area contributed by atoms with Gasteiger partial charge in [0.05, 0.1) is 0 Å². The summed E-state index contributed by atoms with van der Waals surface area (Å²) < 4.78 is 0. The van der Waals surface area contributed by atoms with E-state index in [1.54, 1.807) is 0 Å². The molecule has 16 heavy (non-hydrogen) atoms. The van der Waals surface area contributed by atoms with Crippen LogP contribution in [0.25, 0.3) is 0 Å². The first-order valence-corrected chi connectivity index (χ1v) is 6.47. The molecule has 2 rings (SSSR count). The largest absolute Gasteiger partial charge is 0.310 e. The zero-order chi connectivity index (χ0) is 11.5. The number of rotatable bonds is 3. The Morgan fingerprint density at radius 1 is 1.06 bits per heavy atom.